The number of carbonyl (C=O) groups excluding carboxylic acids is 2. The van der Waals surface area contributed by atoms with E-state index in [2.05, 4.69) is 0 Å². The Kier molecular flexibility index (Phi) is 5.69. The Morgan fingerprint density at radius 2 is 1.55 bits per heavy atom. The number of ether oxygens (including phenoxy) is 3. The van der Waals surface area contributed by atoms with E-state index in [1.54, 1.807) is 32.4 Å². The molecule has 2 aromatic rings. The maximum atomic E-state index is 13.6. The quantitative estimate of drug-likeness (QED) is 0.691. The molecule has 0 bridgehead atoms. The van der Waals surface area contributed by atoms with Crippen LogP contribution in [0.5, 0.6) is 11.5 Å². The Hall–Kier alpha value is -3.32. The summed E-state index contributed by atoms with van der Waals surface area (Å²) in [6.07, 6.45) is 0. The van der Waals surface area contributed by atoms with Gasteiger partial charge in [-0.25, -0.2) is 4.90 Å². The molecule has 2 aliphatic rings. The summed E-state index contributed by atoms with van der Waals surface area (Å²) < 4.78 is 16.2. The fourth-order valence-corrected chi connectivity index (χ4v) is 3.95. The number of morpholine rings is 1. The number of rotatable bonds is 5. The first-order valence-corrected chi connectivity index (χ1v) is 10.2. The summed E-state index contributed by atoms with van der Waals surface area (Å²) in [6, 6.07) is 10.9. The van der Waals surface area contributed by atoms with Crippen molar-refractivity contribution in [2.45, 2.75) is 13.8 Å². The van der Waals surface area contributed by atoms with Gasteiger partial charge in [-0.05, 0) is 54.8 Å². The van der Waals surface area contributed by atoms with E-state index in [1.807, 2.05) is 36.9 Å². The zero-order chi connectivity index (χ0) is 22.1. The van der Waals surface area contributed by atoms with Gasteiger partial charge in [0.25, 0.3) is 11.8 Å². The highest BCUT2D eigenvalue weighted by atomic mass is 16.5. The summed E-state index contributed by atoms with van der Waals surface area (Å²) in [5.41, 5.74) is 4.07. The predicted octanol–water partition coefficient (Wildman–Crippen LogP) is 2.94. The van der Waals surface area contributed by atoms with Crippen LogP contribution in [0.1, 0.15) is 16.7 Å². The van der Waals surface area contributed by atoms with Gasteiger partial charge in [-0.2, -0.15) is 0 Å². The summed E-state index contributed by atoms with van der Waals surface area (Å²) in [6.45, 7) is 6.08. The van der Waals surface area contributed by atoms with Gasteiger partial charge < -0.3 is 19.1 Å². The average Bonchev–Trinajstić information content (AvgIpc) is 3.05. The second-order valence-electron chi connectivity index (χ2n) is 7.61. The molecule has 0 spiro atoms. The Morgan fingerprint density at radius 1 is 0.839 bits per heavy atom. The van der Waals surface area contributed by atoms with Gasteiger partial charge in [0.1, 0.15) is 5.70 Å². The molecule has 0 unspecified atom stereocenters. The van der Waals surface area contributed by atoms with Crippen molar-refractivity contribution in [3.05, 3.63) is 58.8 Å². The van der Waals surface area contributed by atoms with E-state index in [1.165, 1.54) is 4.90 Å². The Balaban J connectivity index is 1.85. The molecule has 0 atom stereocenters. The van der Waals surface area contributed by atoms with Crippen molar-refractivity contribution in [2.24, 2.45) is 0 Å². The zero-order valence-corrected chi connectivity index (χ0v) is 18.2. The van der Waals surface area contributed by atoms with Gasteiger partial charge in [-0.15, -0.1) is 0 Å². The first-order chi connectivity index (χ1) is 15.0. The standard InChI is InChI=1S/C24H26N2O5/c1-15-5-7-18(13-16(15)2)26-23(27)21(17-6-8-19(29-3)20(14-17)30-4)22(24(26)28)25-9-11-31-12-10-25/h5-8,13-14H,9-12H2,1-4H3. The minimum atomic E-state index is -0.345. The third-order valence-electron chi connectivity index (χ3n) is 5.81. The number of methoxy groups -OCH3 is 2. The molecule has 2 amide bonds. The van der Waals surface area contributed by atoms with Gasteiger partial charge in [-0.1, -0.05) is 12.1 Å². The molecular weight excluding hydrogens is 396 g/mol. The molecule has 0 radical (unpaired) electrons. The molecule has 1 fully saturated rings. The summed E-state index contributed by atoms with van der Waals surface area (Å²) >= 11 is 0. The number of carbonyl (C=O) groups is 2. The van der Waals surface area contributed by atoms with E-state index < -0.39 is 0 Å². The van der Waals surface area contributed by atoms with Crippen LogP contribution in [0.4, 0.5) is 5.69 Å². The highest BCUT2D eigenvalue weighted by Crippen LogP contribution is 2.38. The average molecular weight is 422 g/mol. The lowest BCUT2D eigenvalue weighted by molar-refractivity contribution is -0.121. The molecule has 7 nitrogen and oxygen atoms in total. The van der Waals surface area contributed by atoms with E-state index in [0.717, 1.165) is 11.1 Å². The summed E-state index contributed by atoms with van der Waals surface area (Å²) in [7, 11) is 3.10. The summed E-state index contributed by atoms with van der Waals surface area (Å²) in [5.74, 6) is 0.392. The minimum Gasteiger partial charge on any atom is -0.493 e. The monoisotopic (exact) mass is 422 g/mol. The molecule has 1 saturated heterocycles. The van der Waals surface area contributed by atoms with Gasteiger partial charge in [0.2, 0.25) is 0 Å². The second-order valence-corrected chi connectivity index (χ2v) is 7.61. The van der Waals surface area contributed by atoms with Crippen LogP contribution in [0.25, 0.3) is 5.57 Å². The van der Waals surface area contributed by atoms with Gasteiger partial charge >= 0.3 is 0 Å². The molecule has 7 heteroatoms. The first-order valence-electron chi connectivity index (χ1n) is 10.2. The van der Waals surface area contributed by atoms with Crippen LogP contribution in [-0.4, -0.2) is 57.2 Å². The molecule has 2 heterocycles. The smallest absolute Gasteiger partial charge is 0.282 e. The highest BCUT2D eigenvalue weighted by Gasteiger charge is 2.43. The predicted molar refractivity (Wildman–Crippen MR) is 117 cm³/mol. The van der Waals surface area contributed by atoms with Crippen LogP contribution in [0, 0.1) is 13.8 Å². The van der Waals surface area contributed by atoms with Gasteiger partial charge in [0.05, 0.1) is 38.7 Å². The summed E-state index contributed by atoms with van der Waals surface area (Å²) in [4.78, 5) is 30.4. The lowest BCUT2D eigenvalue weighted by Gasteiger charge is -2.29. The molecule has 4 rings (SSSR count). The zero-order valence-electron chi connectivity index (χ0n) is 18.2. The third kappa shape index (κ3) is 3.65. The van der Waals surface area contributed by atoms with E-state index in [4.69, 9.17) is 14.2 Å². The molecule has 0 N–H and O–H groups in total. The SMILES string of the molecule is COc1ccc(C2=C(N3CCOCC3)C(=O)N(c3ccc(C)c(C)c3)C2=O)cc1OC. The van der Waals surface area contributed by atoms with E-state index in [-0.39, 0.29) is 11.8 Å². The van der Waals surface area contributed by atoms with Crippen LogP contribution in [0.3, 0.4) is 0 Å². The molecule has 0 aromatic heterocycles. The van der Waals surface area contributed by atoms with E-state index >= 15 is 0 Å². The van der Waals surface area contributed by atoms with E-state index in [9.17, 15) is 9.59 Å². The van der Waals surface area contributed by atoms with Crippen molar-refractivity contribution in [2.75, 3.05) is 45.4 Å². The highest BCUT2D eigenvalue weighted by molar-refractivity contribution is 6.45. The Morgan fingerprint density at radius 3 is 2.19 bits per heavy atom. The van der Waals surface area contributed by atoms with Crippen molar-refractivity contribution in [1.29, 1.82) is 0 Å². The Bertz CT molecular complexity index is 1070. The van der Waals surface area contributed by atoms with Crippen LogP contribution in [-0.2, 0) is 14.3 Å². The minimum absolute atomic E-state index is 0.320. The molecular formula is C24H26N2O5. The normalized spacial score (nSPS) is 16.9. The number of aryl methyl sites for hydroxylation is 2. The lowest BCUT2D eigenvalue weighted by Crippen LogP contribution is -2.40. The number of nitrogens with zero attached hydrogens (tertiary/aromatic N) is 2. The largest absolute Gasteiger partial charge is 0.493 e. The number of imide groups is 1. The summed E-state index contributed by atoms with van der Waals surface area (Å²) in [5, 5.41) is 0. The molecule has 162 valence electrons. The van der Waals surface area contributed by atoms with Crippen LogP contribution < -0.4 is 14.4 Å². The van der Waals surface area contributed by atoms with Gasteiger partial charge in [0, 0.05) is 13.1 Å². The van der Waals surface area contributed by atoms with Crippen molar-refractivity contribution in [1.82, 2.24) is 4.90 Å². The van der Waals surface area contributed by atoms with E-state index in [0.29, 0.717) is 60.3 Å². The molecule has 0 aliphatic carbocycles. The maximum Gasteiger partial charge on any atom is 0.282 e. The topological polar surface area (TPSA) is 68.3 Å². The molecule has 31 heavy (non-hydrogen) atoms. The first kappa shape index (κ1) is 20.9. The molecule has 0 saturated carbocycles. The van der Waals surface area contributed by atoms with Gasteiger partial charge in [0.15, 0.2) is 11.5 Å². The fraction of sp³-hybridized carbons (Fsp3) is 0.333. The number of amides is 2. The van der Waals surface area contributed by atoms with Crippen LogP contribution >= 0.6 is 0 Å². The fourth-order valence-electron chi connectivity index (χ4n) is 3.95. The number of benzene rings is 2. The number of anilines is 1. The van der Waals surface area contributed by atoms with Crippen molar-refractivity contribution in [3.63, 3.8) is 0 Å². The van der Waals surface area contributed by atoms with Gasteiger partial charge in [-0.3, -0.25) is 9.59 Å². The van der Waals surface area contributed by atoms with Crippen LogP contribution in [0.2, 0.25) is 0 Å². The molecule has 2 aromatic carbocycles. The van der Waals surface area contributed by atoms with Crippen molar-refractivity contribution < 1.29 is 23.8 Å². The van der Waals surface area contributed by atoms with Crippen molar-refractivity contribution in [3.8, 4) is 11.5 Å². The van der Waals surface area contributed by atoms with Crippen molar-refractivity contribution >= 4 is 23.1 Å². The third-order valence-corrected chi connectivity index (χ3v) is 5.81. The van der Waals surface area contributed by atoms with Crippen LogP contribution in [0.15, 0.2) is 42.1 Å². The number of hydrogen-bond acceptors (Lipinski definition) is 6. The lowest BCUT2D eigenvalue weighted by atomic mass is 10.0. The second kappa shape index (κ2) is 8.43. The maximum absolute atomic E-state index is 13.6. The number of hydrogen-bond donors (Lipinski definition) is 0. The molecule has 2 aliphatic heterocycles. The Labute approximate surface area is 181 Å².